The monoisotopic (exact) mass is 379 g/mol. The minimum atomic E-state index is -0.454. The predicted molar refractivity (Wildman–Crippen MR) is 109 cm³/mol. The Kier molecular flexibility index (Phi) is 6.81. The molecule has 0 aliphatic carbocycles. The van der Waals surface area contributed by atoms with Gasteiger partial charge in [0, 0.05) is 37.3 Å². The molecular formula is C22H25N3O3. The van der Waals surface area contributed by atoms with Crippen LogP contribution in [0.1, 0.15) is 35.2 Å². The topological polar surface area (TPSA) is 81.7 Å². The molecule has 0 fully saturated rings. The highest BCUT2D eigenvalue weighted by atomic mass is 16.5. The lowest BCUT2D eigenvalue weighted by Gasteiger charge is -2.28. The summed E-state index contributed by atoms with van der Waals surface area (Å²) in [5.41, 5.74) is 5.92. The van der Waals surface area contributed by atoms with Gasteiger partial charge in [0.25, 0.3) is 5.91 Å². The van der Waals surface area contributed by atoms with Crippen molar-refractivity contribution in [3.63, 3.8) is 0 Å². The standard InChI is InChI=1S/C22H25N3O3/c26-21(24-28)7-4-14-23-22(27)19-8-10-20(11-9-19)25-15-12-18(13-16-25)17-5-2-1-3-6-17/h1-3,5-6,8-12,28H,4,7,13-16H2,(H,23,27)(H,24,26). The van der Waals surface area contributed by atoms with Gasteiger partial charge in [-0.2, -0.15) is 0 Å². The number of carbonyl (C=O) groups is 2. The van der Waals surface area contributed by atoms with Gasteiger partial charge in [0.05, 0.1) is 0 Å². The number of anilines is 1. The maximum atomic E-state index is 12.2. The summed E-state index contributed by atoms with van der Waals surface area (Å²) >= 11 is 0. The van der Waals surface area contributed by atoms with E-state index in [4.69, 9.17) is 5.21 Å². The fraction of sp³-hybridized carbons (Fsp3) is 0.273. The second kappa shape index (κ2) is 9.71. The molecule has 3 N–H and O–H groups in total. The fourth-order valence-electron chi connectivity index (χ4n) is 3.25. The van der Waals surface area contributed by atoms with E-state index in [1.807, 2.05) is 30.3 Å². The van der Waals surface area contributed by atoms with Crippen LogP contribution in [-0.2, 0) is 4.79 Å². The number of amides is 2. The molecule has 0 atom stereocenters. The molecular weight excluding hydrogens is 354 g/mol. The lowest BCUT2D eigenvalue weighted by Crippen LogP contribution is -2.28. The van der Waals surface area contributed by atoms with Crippen molar-refractivity contribution < 1.29 is 14.8 Å². The van der Waals surface area contributed by atoms with Crippen molar-refractivity contribution in [1.82, 2.24) is 10.8 Å². The zero-order chi connectivity index (χ0) is 19.8. The molecule has 1 heterocycles. The highest BCUT2D eigenvalue weighted by Gasteiger charge is 2.14. The first-order valence-electron chi connectivity index (χ1n) is 9.48. The molecule has 1 aliphatic heterocycles. The summed E-state index contributed by atoms with van der Waals surface area (Å²) in [6, 6.07) is 18.0. The average molecular weight is 379 g/mol. The van der Waals surface area contributed by atoms with E-state index in [1.165, 1.54) is 11.1 Å². The lowest BCUT2D eigenvalue weighted by atomic mass is 9.99. The number of hydrogen-bond acceptors (Lipinski definition) is 4. The minimum absolute atomic E-state index is 0.166. The Labute approximate surface area is 164 Å². The Morgan fingerprint density at radius 1 is 1.04 bits per heavy atom. The van der Waals surface area contributed by atoms with Gasteiger partial charge in [0.1, 0.15) is 0 Å². The number of nitrogens with zero attached hydrogens (tertiary/aromatic N) is 1. The van der Waals surface area contributed by atoms with Crippen LogP contribution in [-0.4, -0.2) is 36.7 Å². The third-order valence-electron chi connectivity index (χ3n) is 4.84. The summed E-state index contributed by atoms with van der Waals surface area (Å²) in [5.74, 6) is -0.620. The van der Waals surface area contributed by atoms with E-state index in [-0.39, 0.29) is 12.3 Å². The number of rotatable bonds is 7. The Hall–Kier alpha value is -3.12. The van der Waals surface area contributed by atoms with Gasteiger partial charge in [-0.05, 0) is 48.2 Å². The molecule has 0 radical (unpaired) electrons. The molecule has 2 aromatic carbocycles. The Bertz CT molecular complexity index is 832. The van der Waals surface area contributed by atoms with Gasteiger partial charge in [0.2, 0.25) is 5.91 Å². The third kappa shape index (κ3) is 5.20. The summed E-state index contributed by atoms with van der Waals surface area (Å²) in [6.07, 6.45) is 3.90. The van der Waals surface area contributed by atoms with Gasteiger partial charge in [-0.25, -0.2) is 5.48 Å². The molecule has 0 spiro atoms. The summed E-state index contributed by atoms with van der Waals surface area (Å²) in [6.45, 7) is 2.18. The smallest absolute Gasteiger partial charge is 0.251 e. The first-order chi connectivity index (χ1) is 13.7. The second-order valence-electron chi connectivity index (χ2n) is 6.73. The molecule has 1 aliphatic rings. The molecule has 0 aromatic heterocycles. The van der Waals surface area contributed by atoms with Crippen LogP contribution in [0.2, 0.25) is 0 Å². The van der Waals surface area contributed by atoms with Crippen LogP contribution in [0, 0.1) is 0 Å². The van der Waals surface area contributed by atoms with Crippen LogP contribution in [0.5, 0.6) is 0 Å². The number of nitrogens with one attached hydrogen (secondary N) is 2. The average Bonchev–Trinajstić information content (AvgIpc) is 2.77. The van der Waals surface area contributed by atoms with Crippen LogP contribution in [0.3, 0.4) is 0 Å². The quantitative estimate of drug-likeness (QED) is 0.392. The maximum absolute atomic E-state index is 12.2. The number of hydroxylamine groups is 1. The van der Waals surface area contributed by atoms with Gasteiger partial charge < -0.3 is 10.2 Å². The highest BCUT2D eigenvalue weighted by Crippen LogP contribution is 2.25. The van der Waals surface area contributed by atoms with Gasteiger partial charge in [-0.15, -0.1) is 0 Å². The fourth-order valence-corrected chi connectivity index (χ4v) is 3.25. The number of hydrogen-bond donors (Lipinski definition) is 3. The minimum Gasteiger partial charge on any atom is -0.367 e. The Balaban J connectivity index is 1.51. The van der Waals surface area contributed by atoms with E-state index in [1.54, 1.807) is 5.48 Å². The Morgan fingerprint density at radius 3 is 2.43 bits per heavy atom. The van der Waals surface area contributed by atoms with E-state index >= 15 is 0 Å². The van der Waals surface area contributed by atoms with Crippen LogP contribution < -0.4 is 15.7 Å². The number of benzene rings is 2. The van der Waals surface area contributed by atoms with Crippen LogP contribution in [0.25, 0.3) is 5.57 Å². The van der Waals surface area contributed by atoms with Crippen molar-refractivity contribution >= 4 is 23.1 Å². The van der Waals surface area contributed by atoms with Crippen LogP contribution in [0.15, 0.2) is 60.7 Å². The van der Waals surface area contributed by atoms with Crippen molar-refractivity contribution in [3.8, 4) is 0 Å². The van der Waals surface area contributed by atoms with E-state index in [0.717, 1.165) is 25.2 Å². The van der Waals surface area contributed by atoms with Crippen molar-refractivity contribution in [3.05, 3.63) is 71.8 Å². The summed E-state index contributed by atoms with van der Waals surface area (Å²) in [5, 5.41) is 11.2. The zero-order valence-electron chi connectivity index (χ0n) is 15.7. The summed E-state index contributed by atoms with van der Waals surface area (Å²) in [4.78, 5) is 25.4. The van der Waals surface area contributed by atoms with E-state index < -0.39 is 5.91 Å². The molecule has 28 heavy (non-hydrogen) atoms. The molecule has 0 saturated heterocycles. The van der Waals surface area contributed by atoms with Crippen molar-refractivity contribution in [2.45, 2.75) is 19.3 Å². The molecule has 2 amide bonds. The molecule has 0 unspecified atom stereocenters. The number of carbonyl (C=O) groups excluding carboxylic acids is 2. The largest absolute Gasteiger partial charge is 0.367 e. The molecule has 6 heteroatoms. The molecule has 3 rings (SSSR count). The van der Waals surface area contributed by atoms with E-state index in [2.05, 4.69) is 40.6 Å². The van der Waals surface area contributed by atoms with Gasteiger partial charge in [-0.3, -0.25) is 14.8 Å². The SMILES string of the molecule is O=C(CCCNC(=O)c1ccc(N2CC=C(c3ccccc3)CC2)cc1)NO. The summed E-state index contributed by atoms with van der Waals surface area (Å²) in [7, 11) is 0. The van der Waals surface area contributed by atoms with Crippen molar-refractivity contribution in [2.75, 3.05) is 24.5 Å². The lowest BCUT2D eigenvalue weighted by molar-refractivity contribution is -0.129. The van der Waals surface area contributed by atoms with Crippen molar-refractivity contribution in [1.29, 1.82) is 0 Å². The predicted octanol–water partition coefficient (Wildman–Crippen LogP) is 3.00. The van der Waals surface area contributed by atoms with Gasteiger partial charge >= 0.3 is 0 Å². The molecule has 0 bridgehead atoms. The van der Waals surface area contributed by atoms with Crippen molar-refractivity contribution in [2.24, 2.45) is 0 Å². The van der Waals surface area contributed by atoms with Crippen LogP contribution in [0.4, 0.5) is 5.69 Å². The van der Waals surface area contributed by atoms with E-state index in [9.17, 15) is 9.59 Å². The van der Waals surface area contributed by atoms with E-state index in [0.29, 0.717) is 18.5 Å². The molecule has 6 nitrogen and oxygen atoms in total. The first kappa shape index (κ1) is 19.6. The molecule has 2 aromatic rings. The van der Waals surface area contributed by atoms with Gasteiger partial charge in [-0.1, -0.05) is 36.4 Å². The second-order valence-corrected chi connectivity index (χ2v) is 6.73. The Morgan fingerprint density at radius 2 is 1.79 bits per heavy atom. The molecule has 146 valence electrons. The molecule has 0 saturated carbocycles. The van der Waals surface area contributed by atoms with Crippen LogP contribution >= 0.6 is 0 Å². The maximum Gasteiger partial charge on any atom is 0.251 e. The normalized spacial score (nSPS) is 13.6. The summed E-state index contributed by atoms with van der Waals surface area (Å²) < 4.78 is 0. The highest BCUT2D eigenvalue weighted by molar-refractivity contribution is 5.94. The first-order valence-corrected chi connectivity index (χ1v) is 9.48. The zero-order valence-corrected chi connectivity index (χ0v) is 15.7. The third-order valence-corrected chi connectivity index (χ3v) is 4.84. The van der Waals surface area contributed by atoms with Gasteiger partial charge in [0.15, 0.2) is 0 Å².